The molecule has 0 saturated heterocycles. The van der Waals surface area contributed by atoms with Gasteiger partial charge in [0.1, 0.15) is 22.0 Å². The third-order valence-corrected chi connectivity index (χ3v) is 3.77. The lowest BCUT2D eigenvalue weighted by Gasteiger charge is -2.20. The summed E-state index contributed by atoms with van der Waals surface area (Å²) in [6.07, 6.45) is 0. The van der Waals surface area contributed by atoms with Crippen molar-refractivity contribution in [3.05, 3.63) is 40.0 Å². The topological polar surface area (TPSA) is 52.3 Å². The Hall–Kier alpha value is -1.59. The van der Waals surface area contributed by atoms with Gasteiger partial charge in [-0.3, -0.25) is 0 Å². The molecule has 1 heterocycles. The van der Waals surface area contributed by atoms with E-state index < -0.39 is 17.4 Å². The maximum atomic E-state index is 13.2. The Labute approximate surface area is 131 Å². The molecule has 0 spiro atoms. The zero-order valence-electron chi connectivity index (χ0n) is 11.9. The van der Waals surface area contributed by atoms with Crippen LogP contribution in [-0.2, 0) is 4.74 Å². The highest BCUT2D eigenvalue weighted by atomic mass is 35.5. The summed E-state index contributed by atoms with van der Waals surface area (Å²) in [5, 5.41) is 2.28. The van der Waals surface area contributed by atoms with E-state index in [-0.39, 0.29) is 10.6 Å². The first-order valence-corrected chi connectivity index (χ1v) is 7.50. The average molecular weight is 328 g/mol. The second kappa shape index (κ2) is 5.66. The predicted molar refractivity (Wildman–Crippen MR) is 84.3 cm³/mol. The summed E-state index contributed by atoms with van der Waals surface area (Å²) < 4.78 is 18.5. The van der Waals surface area contributed by atoms with Crippen LogP contribution >= 0.6 is 22.9 Å². The largest absolute Gasteiger partial charge is 0.456 e. The van der Waals surface area contributed by atoms with Gasteiger partial charge in [-0.1, -0.05) is 11.6 Å². The summed E-state index contributed by atoms with van der Waals surface area (Å²) >= 11 is 7.27. The summed E-state index contributed by atoms with van der Waals surface area (Å²) in [6.45, 7) is 5.33. The molecule has 0 aliphatic carbocycles. The van der Waals surface area contributed by atoms with Crippen LogP contribution in [0, 0.1) is 5.82 Å². The van der Waals surface area contributed by atoms with Crippen molar-refractivity contribution in [2.45, 2.75) is 26.4 Å². The summed E-state index contributed by atoms with van der Waals surface area (Å²) in [5.41, 5.74) is 6.62. The lowest BCUT2D eigenvalue weighted by atomic mass is 10.0. The second-order valence-electron chi connectivity index (χ2n) is 5.51. The third kappa shape index (κ3) is 3.54. The normalized spacial score (nSPS) is 11.5. The summed E-state index contributed by atoms with van der Waals surface area (Å²) in [6, 6.07) is 4.00. The monoisotopic (exact) mass is 327 g/mol. The molecule has 0 fully saturated rings. The standard InChI is InChI=1S/C15H15ClFNO2S/c1-15(2,3)20-14(19)12-10(7-21-13(12)18)9-5-4-8(17)6-11(9)16/h4-7H,18H2,1-3H3. The van der Waals surface area contributed by atoms with Crippen LogP contribution in [0.2, 0.25) is 5.02 Å². The summed E-state index contributed by atoms with van der Waals surface area (Å²) in [4.78, 5) is 12.3. The van der Waals surface area contributed by atoms with E-state index in [2.05, 4.69) is 0 Å². The lowest BCUT2D eigenvalue weighted by Crippen LogP contribution is -2.24. The molecule has 2 rings (SSSR count). The molecule has 21 heavy (non-hydrogen) atoms. The molecule has 3 nitrogen and oxygen atoms in total. The number of nitrogens with two attached hydrogens (primary N) is 1. The number of thiophene rings is 1. The van der Waals surface area contributed by atoms with Gasteiger partial charge in [0.25, 0.3) is 0 Å². The van der Waals surface area contributed by atoms with Crippen LogP contribution in [0.3, 0.4) is 0 Å². The van der Waals surface area contributed by atoms with Gasteiger partial charge in [-0.2, -0.15) is 0 Å². The van der Waals surface area contributed by atoms with E-state index in [4.69, 9.17) is 22.1 Å². The Kier molecular flexibility index (Phi) is 4.25. The van der Waals surface area contributed by atoms with Crippen molar-refractivity contribution in [2.24, 2.45) is 0 Å². The molecular weight excluding hydrogens is 313 g/mol. The minimum absolute atomic E-state index is 0.220. The fourth-order valence-corrected chi connectivity index (χ4v) is 2.89. The van der Waals surface area contributed by atoms with Gasteiger partial charge >= 0.3 is 5.97 Å². The van der Waals surface area contributed by atoms with Crippen molar-refractivity contribution in [3.63, 3.8) is 0 Å². The van der Waals surface area contributed by atoms with E-state index in [9.17, 15) is 9.18 Å². The number of benzene rings is 1. The van der Waals surface area contributed by atoms with Gasteiger partial charge in [0.2, 0.25) is 0 Å². The van der Waals surface area contributed by atoms with E-state index in [1.807, 2.05) is 0 Å². The molecule has 112 valence electrons. The van der Waals surface area contributed by atoms with Crippen molar-refractivity contribution in [1.29, 1.82) is 0 Å². The second-order valence-corrected chi connectivity index (χ2v) is 6.83. The van der Waals surface area contributed by atoms with Crippen LogP contribution in [0.1, 0.15) is 31.1 Å². The molecule has 2 N–H and O–H groups in total. The molecule has 6 heteroatoms. The lowest BCUT2D eigenvalue weighted by molar-refractivity contribution is 0.00722. The highest BCUT2D eigenvalue weighted by Gasteiger charge is 2.25. The average Bonchev–Trinajstić information content (AvgIpc) is 2.68. The molecular formula is C15H15ClFNO2S. The number of hydrogen-bond donors (Lipinski definition) is 1. The van der Waals surface area contributed by atoms with Gasteiger partial charge in [0.05, 0.1) is 5.02 Å². The number of rotatable bonds is 2. The number of esters is 1. The molecule has 0 radical (unpaired) electrons. The maximum absolute atomic E-state index is 13.2. The quantitative estimate of drug-likeness (QED) is 0.810. The van der Waals surface area contributed by atoms with Gasteiger partial charge in [0.15, 0.2) is 0 Å². The summed E-state index contributed by atoms with van der Waals surface area (Å²) in [7, 11) is 0. The molecule has 0 aliphatic heterocycles. The Balaban J connectivity index is 2.50. The molecule has 0 unspecified atom stereocenters. The molecule has 0 atom stereocenters. The smallest absolute Gasteiger partial charge is 0.342 e. The van der Waals surface area contributed by atoms with E-state index in [0.29, 0.717) is 16.1 Å². The number of ether oxygens (including phenoxy) is 1. The number of hydrogen-bond acceptors (Lipinski definition) is 4. The first-order valence-electron chi connectivity index (χ1n) is 6.25. The zero-order chi connectivity index (χ0) is 15.8. The fourth-order valence-electron chi connectivity index (χ4n) is 1.82. The molecule has 1 aromatic carbocycles. The predicted octanol–water partition coefficient (Wildman–Crippen LogP) is 4.75. The van der Waals surface area contributed by atoms with Crippen LogP contribution < -0.4 is 5.73 Å². The maximum Gasteiger partial charge on any atom is 0.342 e. The first-order chi connectivity index (χ1) is 9.69. The van der Waals surface area contributed by atoms with Gasteiger partial charge in [-0.05, 0) is 39.0 Å². The van der Waals surface area contributed by atoms with Crippen molar-refractivity contribution in [3.8, 4) is 11.1 Å². The van der Waals surface area contributed by atoms with Crippen LogP contribution in [0.4, 0.5) is 9.39 Å². The number of anilines is 1. The van der Waals surface area contributed by atoms with Crippen molar-refractivity contribution < 1.29 is 13.9 Å². The molecule has 0 saturated carbocycles. The highest BCUT2D eigenvalue weighted by molar-refractivity contribution is 7.15. The molecule has 1 aromatic heterocycles. The highest BCUT2D eigenvalue weighted by Crippen LogP contribution is 2.38. The Morgan fingerprint density at radius 2 is 2.00 bits per heavy atom. The van der Waals surface area contributed by atoms with Crippen LogP contribution in [-0.4, -0.2) is 11.6 Å². The zero-order valence-corrected chi connectivity index (χ0v) is 13.4. The Morgan fingerprint density at radius 1 is 1.33 bits per heavy atom. The number of nitrogen functional groups attached to an aromatic ring is 1. The minimum atomic E-state index is -0.630. The van der Waals surface area contributed by atoms with Crippen molar-refractivity contribution >= 4 is 33.9 Å². The Morgan fingerprint density at radius 3 is 2.57 bits per heavy atom. The minimum Gasteiger partial charge on any atom is -0.456 e. The Bertz CT molecular complexity index is 691. The number of halogens is 2. The van der Waals surface area contributed by atoms with E-state index in [0.717, 1.165) is 0 Å². The molecule has 0 amide bonds. The van der Waals surface area contributed by atoms with Crippen LogP contribution in [0.5, 0.6) is 0 Å². The fraction of sp³-hybridized carbons (Fsp3) is 0.267. The number of carbonyl (C=O) groups is 1. The first kappa shape index (κ1) is 15.8. The van der Waals surface area contributed by atoms with Crippen LogP contribution in [0.25, 0.3) is 11.1 Å². The van der Waals surface area contributed by atoms with Crippen molar-refractivity contribution in [1.82, 2.24) is 0 Å². The number of carbonyl (C=O) groups excluding carboxylic acids is 1. The summed E-state index contributed by atoms with van der Waals surface area (Å²) in [5.74, 6) is -0.956. The van der Waals surface area contributed by atoms with Gasteiger partial charge < -0.3 is 10.5 Å². The van der Waals surface area contributed by atoms with Gasteiger partial charge in [-0.25, -0.2) is 9.18 Å². The molecule has 0 aliphatic rings. The van der Waals surface area contributed by atoms with E-state index in [1.54, 1.807) is 26.2 Å². The van der Waals surface area contributed by atoms with Crippen LogP contribution in [0.15, 0.2) is 23.6 Å². The van der Waals surface area contributed by atoms with Gasteiger partial charge in [-0.15, -0.1) is 11.3 Å². The van der Waals surface area contributed by atoms with Crippen molar-refractivity contribution in [2.75, 3.05) is 5.73 Å². The van der Waals surface area contributed by atoms with Gasteiger partial charge in [0, 0.05) is 16.5 Å². The SMILES string of the molecule is CC(C)(C)OC(=O)c1c(-c2ccc(F)cc2Cl)csc1N. The van der Waals surface area contributed by atoms with E-state index >= 15 is 0 Å². The molecule has 0 bridgehead atoms. The third-order valence-electron chi connectivity index (χ3n) is 2.64. The van der Waals surface area contributed by atoms with E-state index in [1.165, 1.54) is 29.5 Å². The molecule has 2 aromatic rings.